The number of hydrogen-bond donors (Lipinski definition) is 2. The van der Waals surface area contributed by atoms with E-state index in [1.165, 1.54) is 26.4 Å². The molecule has 2 N–H and O–H groups in total. The van der Waals surface area contributed by atoms with Crippen LogP contribution < -0.4 is 10.1 Å². The highest BCUT2D eigenvalue weighted by molar-refractivity contribution is 5.78. The molecule has 0 fully saturated rings. The first-order valence-corrected chi connectivity index (χ1v) is 5.17. The molecule has 9 nitrogen and oxygen atoms in total. The second-order valence-corrected chi connectivity index (χ2v) is 3.47. The normalized spacial score (nSPS) is 11.7. The summed E-state index contributed by atoms with van der Waals surface area (Å²) in [6.45, 7) is -0.161. The molecular weight excluding hydrogens is 258 g/mol. The molecule has 19 heavy (non-hydrogen) atoms. The Bertz CT molecular complexity index is 478. The van der Waals surface area contributed by atoms with Gasteiger partial charge in [-0.2, -0.15) is 4.98 Å². The number of aliphatic carboxylic acids is 1. The van der Waals surface area contributed by atoms with E-state index < -0.39 is 16.9 Å². The van der Waals surface area contributed by atoms with Crippen molar-refractivity contribution in [1.82, 2.24) is 4.98 Å². The number of ether oxygens (including phenoxy) is 2. The van der Waals surface area contributed by atoms with Gasteiger partial charge in [-0.1, -0.05) is 0 Å². The molecule has 0 amide bonds. The van der Waals surface area contributed by atoms with Crippen LogP contribution >= 0.6 is 0 Å². The van der Waals surface area contributed by atoms with Crippen molar-refractivity contribution in [3.63, 3.8) is 0 Å². The third-order valence-corrected chi connectivity index (χ3v) is 2.20. The number of rotatable bonds is 7. The Morgan fingerprint density at radius 3 is 2.74 bits per heavy atom. The maximum atomic E-state index is 11.0. The number of hydrogen-bond acceptors (Lipinski definition) is 7. The lowest BCUT2D eigenvalue weighted by Crippen LogP contribution is -2.34. The molecule has 0 radical (unpaired) electrons. The largest absolute Gasteiger partial charge is 0.481 e. The first-order valence-electron chi connectivity index (χ1n) is 5.17. The summed E-state index contributed by atoms with van der Waals surface area (Å²) in [5.41, 5.74) is -0.344. The molecule has 0 aromatic carbocycles. The predicted octanol–water partition coefficient (Wildman–Crippen LogP) is 0.510. The Hall–Kier alpha value is -2.42. The summed E-state index contributed by atoms with van der Waals surface area (Å²) < 4.78 is 9.56. The number of nitro groups is 1. The molecule has 1 aromatic rings. The summed E-state index contributed by atoms with van der Waals surface area (Å²) in [6.07, 6.45) is 0. The van der Waals surface area contributed by atoms with Gasteiger partial charge in [0.1, 0.15) is 6.04 Å². The number of carbonyl (C=O) groups is 1. The predicted molar refractivity (Wildman–Crippen MR) is 64.4 cm³/mol. The van der Waals surface area contributed by atoms with E-state index in [9.17, 15) is 14.9 Å². The van der Waals surface area contributed by atoms with Crippen LogP contribution in [0.25, 0.3) is 0 Å². The molecule has 0 aliphatic carbocycles. The second kappa shape index (κ2) is 6.50. The lowest BCUT2D eigenvalue weighted by Gasteiger charge is -2.14. The summed E-state index contributed by atoms with van der Waals surface area (Å²) in [5, 5.41) is 22.2. The van der Waals surface area contributed by atoms with Crippen LogP contribution in [0.3, 0.4) is 0 Å². The highest BCUT2D eigenvalue weighted by Gasteiger charge is 2.23. The fourth-order valence-electron chi connectivity index (χ4n) is 1.31. The quantitative estimate of drug-likeness (QED) is 0.543. The Kier molecular flexibility index (Phi) is 5.01. The molecular formula is C10H13N3O6. The van der Waals surface area contributed by atoms with Crippen LogP contribution in [0.15, 0.2) is 12.1 Å². The van der Waals surface area contributed by atoms with Crippen molar-refractivity contribution in [1.29, 1.82) is 0 Å². The van der Waals surface area contributed by atoms with Crippen molar-refractivity contribution < 1.29 is 24.3 Å². The molecule has 0 saturated heterocycles. The van der Waals surface area contributed by atoms with Gasteiger partial charge in [-0.3, -0.25) is 10.1 Å². The van der Waals surface area contributed by atoms with Crippen LogP contribution in [0, 0.1) is 10.1 Å². The highest BCUT2D eigenvalue weighted by atomic mass is 16.6. The van der Waals surface area contributed by atoms with Gasteiger partial charge in [-0.15, -0.1) is 0 Å². The molecule has 0 saturated carbocycles. The van der Waals surface area contributed by atoms with Gasteiger partial charge in [0, 0.05) is 19.2 Å². The number of nitrogens with zero attached hydrogens (tertiary/aromatic N) is 2. The van der Waals surface area contributed by atoms with Crippen LogP contribution in [0.4, 0.5) is 11.5 Å². The minimum Gasteiger partial charge on any atom is -0.481 e. The Morgan fingerprint density at radius 1 is 1.58 bits per heavy atom. The highest BCUT2D eigenvalue weighted by Crippen LogP contribution is 2.25. The summed E-state index contributed by atoms with van der Waals surface area (Å²) in [6, 6.07) is 1.35. The van der Waals surface area contributed by atoms with E-state index in [1.54, 1.807) is 0 Å². The molecule has 1 atom stereocenters. The molecule has 0 bridgehead atoms. The van der Waals surface area contributed by atoms with Crippen molar-refractivity contribution in [2.75, 3.05) is 26.1 Å². The third-order valence-electron chi connectivity index (χ3n) is 2.20. The molecule has 0 spiro atoms. The molecule has 0 aliphatic heterocycles. The maximum Gasteiger partial charge on any atom is 0.328 e. The van der Waals surface area contributed by atoms with Gasteiger partial charge in [-0.25, -0.2) is 4.79 Å². The number of carboxylic acids is 1. The monoisotopic (exact) mass is 271 g/mol. The second-order valence-electron chi connectivity index (χ2n) is 3.47. The average Bonchev–Trinajstić information content (AvgIpc) is 2.37. The van der Waals surface area contributed by atoms with E-state index in [0.29, 0.717) is 0 Å². The van der Waals surface area contributed by atoms with Crippen LogP contribution in [0.5, 0.6) is 5.88 Å². The van der Waals surface area contributed by atoms with E-state index >= 15 is 0 Å². The van der Waals surface area contributed by atoms with Gasteiger partial charge in [0.15, 0.2) is 0 Å². The fourth-order valence-corrected chi connectivity index (χ4v) is 1.31. The maximum absolute atomic E-state index is 11.0. The Balaban J connectivity index is 3.08. The molecule has 104 valence electrons. The number of nitrogens with one attached hydrogen (secondary N) is 1. The SMILES string of the molecule is COCC(Nc1nc(OC)ccc1[N+](=O)[O-])C(=O)O. The van der Waals surface area contributed by atoms with Gasteiger partial charge in [0.2, 0.25) is 11.7 Å². The number of methoxy groups -OCH3 is 2. The summed E-state index contributed by atoms with van der Waals surface area (Å²) in [4.78, 5) is 25.0. The lowest BCUT2D eigenvalue weighted by atomic mass is 10.3. The van der Waals surface area contributed by atoms with Crippen molar-refractivity contribution in [3.05, 3.63) is 22.2 Å². The summed E-state index contributed by atoms with van der Waals surface area (Å²) >= 11 is 0. The molecule has 1 unspecified atom stereocenters. The zero-order chi connectivity index (χ0) is 14.4. The van der Waals surface area contributed by atoms with Crippen LogP contribution in [0.1, 0.15) is 0 Å². The smallest absolute Gasteiger partial charge is 0.328 e. The van der Waals surface area contributed by atoms with Gasteiger partial charge in [0.25, 0.3) is 0 Å². The van der Waals surface area contributed by atoms with Gasteiger partial charge >= 0.3 is 11.7 Å². The van der Waals surface area contributed by atoms with Crippen molar-refractivity contribution in [2.45, 2.75) is 6.04 Å². The molecule has 1 aromatic heterocycles. The number of anilines is 1. The van der Waals surface area contributed by atoms with Crippen LogP contribution in [-0.4, -0.2) is 47.9 Å². The topological polar surface area (TPSA) is 124 Å². The Morgan fingerprint density at radius 2 is 2.26 bits per heavy atom. The van der Waals surface area contributed by atoms with Gasteiger partial charge in [0.05, 0.1) is 18.6 Å². The first-order chi connectivity index (χ1) is 8.99. The molecule has 1 heterocycles. The number of carboxylic acid groups (broad SMARTS) is 1. The number of aromatic nitrogens is 1. The summed E-state index contributed by atoms with van der Waals surface area (Å²) in [5.74, 6) is -1.26. The minimum atomic E-state index is -1.21. The van der Waals surface area contributed by atoms with E-state index in [-0.39, 0.29) is 24.0 Å². The Labute approximate surface area is 108 Å². The molecule has 1 rings (SSSR count). The van der Waals surface area contributed by atoms with Crippen LogP contribution in [-0.2, 0) is 9.53 Å². The zero-order valence-corrected chi connectivity index (χ0v) is 10.3. The molecule has 9 heteroatoms. The van der Waals surface area contributed by atoms with Crippen LogP contribution in [0.2, 0.25) is 0 Å². The minimum absolute atomic E-state index is 0.134. The van der Waals surface area contributed by atoms with Crippen molar-refractivity contribution in [2.24, 2.45) is 0 Å². The van der Waals surface area contributed by atoms with Crippen molar-refractivity contribution in [3.8, 4) is 5.88 Å². The van der Waals surface area contributed by atoms with Gasteiger partial charge in [-0.05, 0) is 0 Å². The fraction of sp³-hybridized carbons (Fsp3) is 0.400. The van der Waals surface area contributed by atoms with Gasteiger partial charge < -0.3 is 19.9 Å². The van der Waals surface area contributed by atoms with E-state index in [1.807, 2.05) is 0 Å². The zero-order valence-electron chi connectivity index (χ0n) is 10.3. The standard InChI is InChI=1S/C10H13N3O6/c1-18-5-6(10(14)15)11-9-7(13(16)17)3-4-8(12-9)19-2/h3-4,6H,5H2,1-2H3,(H,11,12)(H,14,15). The first kappa shape index (κ1) is 14.6. The lowest BCUT2D eigenvalue weighted by molar-refractivity contribution is -0.384. The van der Waals surface area contributed by atoms with E-state index in [2.05, 4.69) is 10.3 Å². The third kappa shape index (κ3) is 3.78. The summed E-state index contributed by atoms with van der Waals surface area (Å²) in [7, 11) is 2.67. The van der Waals surface area contributed by atoms with Crippen molar-refractivity contribution >= 4 is 17.5 Å². The van der Waals surface area contributed by atoms with E-state index in [0.717, 1.165) is 0 Å². The molecule has 0 aliphatic rings. The number of pyridine rings is 1. The average molecular weight is 271 g/mol. The van der Waals surface area contributed by atoms with E-state index in [4.69, 9.17) is 14.6 Å².